The SMILES string of the molecule is CCN(CC)c1ccc(/C=N/NC(=O)COc2cccc(Cl)c2)cc1. The third kappa shape index (κ3) is 6.12. The Bertz CT molecular complexity index is 713. The minimum Gasteiger partial charge on any atom is -0.484 e. The fourth-order valence-corrected chi connectivity index (χ4v) is 2.46. The second-order valence-corrected chi connectivity index (χ2v) is 5.74. The molecular weight excluding hydrogens is 338 g/mol. The van der Waals surface area contributed by atoms with Crippen LogP contribution in [0.1, 0.15) is 19.4 Å². The summed E-state index contributed by atoms with van der Waals surface area (Å²) in [6.07, 6.45) is 1.60. The second kappa shape index (κ2) is 9.69. The monoisotopic (exact) mass is 359 g/mol. The highest BCUT2D eigenvalue weighted by atomic mass is 35.5. The van der Waals surface area contributed by atoms with Crippen molar-refractivity contribution in [2.75, 3.05) is 24.6 Å². The van der Waals surface area contributed by atoms with Gasteiger partial charge in [0.2, 0.25) is 0 Å². The number of hydrogen-bond donors (Lipinski definition) is 1. The molecule has 0 saturated heterocycles. The minimum absolute atomic E-state index is 0.126. The molecular formula is C19H22ClN3O2. The molecule has 0 radical (unpaired) electrons. The molecule has 0 aliphatic rings. The van der Waals surface area contributed by atoms with Gasteiger partial charge >= 0.3 is 0 Å². The maximum absolute atomic E-state index is 11.7. The zero-order valence-electron chi connectivity index (χ0n) is 14.4. The number of nitrogens with zero attached hydrogens (tertiary/aromatic N) is 2. The molecule has 0 fully saturated rings. The summed E-state index contributed by atoms with van der Waals surface area (Å²) in [5.41, 5.74) is 4.51. The molecule has 6 heteroatoms. The van der Waals surface area contributed by atoms with Crippen LogP contribution in [0.25, 0.3) is 0 Å². The van der Waals surface area contributed by atoms with Gasteiger partial charge in [-0.3, -0.25) is 4.79 Å². The Morgan fingerprint density at radius 3 is 2.56 bits per heavy atom. The Morgan fingerprint density at radius 1 is 1.20 bits per heavy atom. The highest BCUT2D eigenvalue weighted by Gasteiger charge is 2.02. The number of rotatable bonds is 8. The van der Waals surface area contributed by atoms with Crippen LogP contribution in [-0.4, -0.2) is 31.8 Å². The summed E-state index contributed by atoms with van der Waals surface area (Å²) in [5.74, 6) is 0.203. The highest BCUT2D eigenvalue weighted by Crippen LogP contribution is 2.17. The maximum atomic E-state index is 11.7. The van der Waals surface area contributed by atoms with E-state index in [1.807, 2.05) is 24.3 Å². The van der Waals surface area contributed by atoms with Crippen molar-refractivity contribution in [3.8, 4) is 5.75 Å². The van der Waals surface area contributed by atoms with Crippen molar-refractivity contribution in [1.82, 2.24) is 5.43 Å². The Labute approximate surface area is 153 Å². The largest absolute Gasteiger partial charge is 0.484 e. The fraction of sp³-hybridized carbons (Fsp3) is 0.263. The van der Waals surface area contributed by atoms with E-state index in [1.54, 1.807) is 30.5 Å². The van der Waals surface area contributed by atoms with E-state index < -0.39 is 0 Å². The molecule has 1 N–H and O–H groups in total. The Morgan fingerprint density at radius 2 is 1.92 bits per heavy atom. The van der Waals surface area contributed by atoms with Gasteiger partial charge in [-0.1, -0.05) is 29.8 Å². The van der Waals surface area contributed by atoms with Gasteiger partial charge in [0.1, 0.15) is 5.75 Å². The smallest absolute Gasteiger partial charge is 0.277 e. The predicted molar refractivity (Wildman–Crippen MR) is 103 cm³/mol. The molecule has 0 atom stereocenters. The van der Waals surface area contributed by atoms with Crippen LogP contribution in [0, 0.1) is 0 Å². The standard InChI is InChI=1S/C19H22ClN3O2/c1-3-23(4-2)17-10-8-15(9-11-17)13-21-22-19(24)14-25-18-7-5-6-16(20)12-18/h5-13H,3-4,14H2,1-2H3,(H,22,24)/b21-13+. The van der Waals surface area contributed by atoms with E-state index in [4.69, 9.17) is 16.3 Å². The molecule has 2 aromatic rings. The van der Waals surface area contributed by atoms with Gasteiger partial charge in [-0.15, -0.1) is 0 Å². The first-order chi connectivity index (χ1) is 12.1. The average molecular weight is 360 g/mol. The molecule has 0 aliphatic heterocycles. The molecule has 1 amide bonds. The van der Waals surface area contributed by atoms with E-state index in [1.165, 1.54) is 5.69 Å². The van der Waals surface area contributed by atoms with Crippen molar-refractivity contribution < 1.29 is 9.53 Å². The molecule has 0 spiro atoms. The Hall–Kier alpha value is -2.53. The quantitative estimate of drug-likeness (QED) is 0.577. The van der Waals surface area contributed by atoms with Gasteiger partial charge < -0.3 is 9.64 Å². The van der Waals surface area contributed by atoms with Crippen LogP contribution in [0.3, 0.4) is 0 Å². The summed E-state index contributed by atoms with van der Waals surface area (Å²) in [6, 6.07) is 14.9. The maximum Gasteiger partial charge on any atom is 0.277 e. The Kier molecular flexibility index (Phi) is 7.29. The number of halogens is 1. The van der Waals surface area contributed by atoms with E-state index in [0.29, 0.717) is 10.8 Å². The number of carbonyl (C=O) groups is 1. The molecule has 0 aliphatic carbocycles. The van der Waals surface area contributed by atoms with Gasteiger partial charge in [0.25, 0.3) is 5.91 Å². The van der Waals surface area contributed by atoms with E-state index in [0.717, 1.165) is 18.7 Å². The summed E-state index contributed by atoms with van der Waals surface area (Å²) < 4.78 is 5.34. The summed E-state index contributed by atoms with van der Waals surface area (Å²) in [6.45, 7) is 6.05. The molecule has 5 nitrogen and oxygen atoms in total. The number of amides is 1. The molecule has 2 rings (SSSR count). The van der Waals surface area contributed by atoms with Crippen molar-refractivity contribution in [2.45, 2.75) is 13.8 Å². The predicted octanol–water partition coefficient (Wildman–Crippen LogP) is 3.72. The normalized spacial score (nSPS) is 10.7. The van der Waals surface area contributed by atoms with Gasteiger partial charge in [0, 0.05) is 23.8 Å². The van der Waals surface area contributed by atoms with Crippen LogP contribution in [0.15, 0.2) is 53.6 Å². The molecule has 0 aromatic heterocycles. The summed E-state index contributed by atoms with van der Waals surface area (Å²) in [7, 11) is 0. The van der Waals surface area contributed by atoms with Gasteiger partial charge in [-0.05, 0) is 49.7 Å². The van der Waals surface area contributed by atoms with Gasteiger partial charge in [0.05, 0.1) is 6.21 Å². The van der Waals surface area contributed by atoms with E-state index >= 15 is 0 Å². The van der Waals surface area contributed by atoms with Crippen molar-refractivity contribution in [3.05, 3.63) is 59.1 Å². The van der Waals surface area contributed by atoms with Crippen LogP contribution in [0.5, 0.6) is 5.75 Å². The third-order valence-corrected chi connectivity index (χ3v) is 3.83. The number of anilines is 1. The van der Waals surface area contributed by atoms with Crippen LogP contribution < -0.4 is 15.1 Å². The number of benzene rings is 2. The summed E-state index contributed by atoms with van der Waals surface area (Å²) in [5, 5.41) is 4.50. The highest BCUT2D eigenvalue weighted by molar-refractivity contribution is 6.30. The van der Waals surface area contributed by atoms with Gasteiger partial charge in [0.15, 0.2) is 6.61 Å². The first-order valence-electron chi connectivity index (χ1n) is 8.17. The molecule has 0 unspecified atom stereocenters. The van der Waals surface area contributed by atoms with Crippen LogP contribution in [0.2, 0.25) is 5.02 Å². The van der Waals surface area contributed by atoms with E-state index in [9.17, 15) is 4.79 Å². The third-order valence-electron chi connectivity index (χ3n) is 3.59. The summed E-state index contributed by atoms with van der Waals surface area (Å²) >= 11 is 5.85. The molecule has 2 aromatic carbocycles. The minimum atomic E-state index is -0.337. The van der Waals surface area contributed by atoms with Crippen molar-refractivity contribution in [1.29, 1.82) is 0 Å². The fourth-order valence-electron chi connectivity index (χ4n) is 2.28. The lowest BCUT2D eigenvalue weighted by atomic mass is 10.2. The second-order valence-electron chi connectivity index (χ2n) is 5.30. The lowest BCUT2D eigenvalue weighted by molar-refractivity contribution is -0.123. The summed E-state index contributed by atoms with van der Waals surface area (Å²) in [4.78, 5) is 14.0. The van der Waals surface area contributed by atoms with Crippen LogP contribution in [-0.2, 0) is 4.79 Å². The first-order valence-corrected chi connectivity index (χ1v) is 8.55. The first kappa shape index (κ1) is 18.8. The number of carbonyl (C=O) groups excluding carboxylic acids is 1. The van der Waals surface area contributed by atoms with Gasteiger partial charge in [-0.25, -0.2) is 5.43 Å². The number of ether oxygens (including phenoxy) is 1. The lowest BCUT2D eigenvalue weighted by Gasteiger charge is -2.20. The van der Waals surface area contributed by atoms with E-state index in [-0.39, 0.29) is 12.5 Å². The zero-order chi connectivity index (χ0) is 18.1. The van der Waals surface area contributed by atoms with Gasteiger partial charge in [-0.2, -0.15) is 5.10 Å². The topological polar surface area (TPSA) is 53.9 Å². The molecule has 132 valence electrons. The van der Waals surface area contributed by atoms with Crippen molar-refractivity contribution >= 4 is 29.4 Å². The van der Waals surface area contributed by atoms with Crippen molar-refractivity contribution in [3.63, 3.8) is 0 Å². The van der Waals surface area contributed by atoms with E-state index in [2.05, 4.69) is 29.3 Å². The zero-order valence-corrected chi connectivity index (χ0v) is 15.2. The average Bonchev–Trinajstić information content (AvgIpc) is 2.62. The molecule has 0 heterocycles. The number of nitrogens with one attached hydrogen (secondary N) is 1. The Balaban J connectivity index is 1.80. The number of hydrazone groups is 1. The van der Waals surface area contributed by atoms with Crippen LogP contribution >= 0.6 is 11.6 Å². The number of hydrogen-bond acceptors (Lipinski definition) is 4. The lowest BCUT2D eigenvalue weighted by Crippen LogP contribution is -2.24. The molecule has 0 saturated carbocycles. The molecule has 0 bridgehead atoms. The van der Waals surface area contributed by atoms with Crippen LogP contribution in [0.4, 0.5) is 5.69 Å². The van der Waals surface area contributed by atoms with Crippen molar-refractivity contribution in [2.24, 2.45) is 5.10 Å². The molecule has 25 heavy (non-hydrogen) atoms.